The molecule has 0 N–H and O–H groups in total. The minimum absolute atomic E-state index is 0.102. The van der Waals surface area contributed by atoms with Crippen LogP contribution < -0.4 is 0 Å². The summed E-state index contributed by atoms with van der Waals surface area (Å²) >= 11 is 2.38. The van der Waals surface area contributed by atoms with Crippen LogP contribution in [0.25, 0.3) is 5.57 Å². The molecule has 1 aromatic heterocycles. The molecule has 2 heterocycles. The molecule has 0 radical (unpaired) electrons. The number of halogens is 1. The molecule has 1 aromatic carbocycles. The normalized spacial score (nSPS) is 15.0. The van der Waals surface area contributed by atoms with E-state index >= 15 is 0 Å². The second-order valence-electron chi connectivity index (χ2n) is 8.50. The van der Waals surface area contributed by atoms with Gasteiger partial charge >= 0.3 is 6.85 Å². The summed E-state index contributed by atoms with van der Waals surface area (Å²) in [5, 5.41) is 0. The average Bonchev–Trinajstić information content (AvgIpc) is 3.19. The molecule has 1 aliphatic heterocycles. The van der Waals surface area contributed by atoms with Crippen LogP contribution >= 0.6 is 22.6 Å². The summed E-state index contributed by atoms with van der Waals surface area (Å²) in [7, 11) is 0. The molecule has 166 valence electrons. The van der Waals surface area contributed by atoms with E-state index in [-0.39, 0.29) is 6.85 Å². The summed E-state index contributed by atoms with van der Waals surface area (Å²) in [5.41, 5.74) is 12.7. The lowest BCUT2D eigenvalue weighted by Crippen LogP contribution is -2.23. The summed E-state index contributed by atoms with van der Waals surface area (Å²) in [6, 6.07) is 8.87. The van der Waals surface area contributed by atoms with Crippen LogP contribution in [0.15, 0.2) is 46.1 Å². The fourth-order valence-corrected chi connectivity index (χ4v) is 5.39. The molecular weight excluding hydrogens is 502 g/mol. The lowest BCUT2D eigenvalue weighted by atomic mass is 9.65. The van der Waals surface area contributed by atoms with E-state index < -0.39 is 0 Å². The fraction of sp³-hybridized carbons (Fsp3) is 0.393. The second-order valence-corrected chi connectivity index (χ2v) is 9.74. The Morgan fingerprint density at radius 1 is 1.03 bits per heavy atom. The van der Waals surface area contributed by atoms with Gasteiger partial charge in [-0.3, -0.25) is 4.99 Å². The number of aliphatic imine (C=N–C) groups is 1. The van der Waals surface area contributed by atoms with Crippen LogP contribution in [0.1, 0.15) is 75.5 Å². The standard InChI is InChI=1S/C28H34BIN2/c1-9-12-17-29(8)32-21(7)25(11-3)19(5)28(32)26(22-13-15-23(30)16-14-22)27-18(4)24(10-2)20(6)31-27/h13-16H,9-11H2,1-8H3/b27-26-. The summed E-state index contributed by atoms with van der Waals surface area (Å²) < 4.78 is 3.70. The Labute approximate surface area is 208 Å². The van der Waals surface area contributed by atoms with E-state index in [0.29, 0.717) is 0 Å². The Bertz CT molecular complexity index is 1180. The average molecular weight is 536 g/mol. The molecule has 4 heteroatoms. The third kappa shape index (κ3) is 4.42. The Hall–Kier alpha value is -2.00. The van der Waals surface area contributed by atoms with E-state index in [0.717, 1.165) is 30.7 Å². The Balaban J connectivity index is 2.47. The van der Waals surface area contributed by atoms with Crippen molar-refractivity contribution >= 4 is 40.7 Å². The van der Waals surface area contributed by atoms with Gasteiger partial charge in [-0.25, -0.2) is 0 Å². The number of aromatic nitrogens is 1. The van der Waals surface area contributed by atoms with Crippen molar-refractivity contribution in [2.75, 3.05) is 0 Å². The van der Waals surface area contributed by atoms with E-state index in [1.807, 2.05) is 0 Å². The summed E-state index contributed by atoms with van der Waals surface area (Å²) in [5.74, 6) is 6.79. The van der Waals surface area contributed by atoms with Crippen molar-refractivity contribution in [1.29, 1.82) is 0 Å². The molecule has 0 bridgehead atoms. The number of rotatable bonds is 5. The van der Waals surface area contributed by atoms with Crippen LogP contribution in [0.4, 0.5) is 0 Å². The zero-order valence-corrected chi connectivity index (χ0v) is 22.9. The highest BCUT2D eigenvalue weighted by Gasteiger charge is 2.29. The number of hydrogen-bond acceptors (Lipinski definition) is 1. The van der Waals surface area contributed by atoms with Crippen molar-refractivity contribution in [3.05, 3.63) is 72.8 Å². The van der Waals surface area contributed by atoms with Gasteiger partial charge in [-0.1, -0.05) is 39.7 Å². The van der Waals surface area contributed by atoms with E-state index in [2.05, 4.69) is 118 Å². The van der Waals surface area contributed by atoms with Crippen molar-refractivity contribution in [2.24, 2.45) is 4.99 Å². The predicted octanol–water partition coefficient (Wildman–Crippen LogP) is 7.65. The lowest BCUT2D eigenvalue weighted by Gasteiger charge is -2.19. The molecule has 0 amide bonds. The van der Waals surface area contributed by atoms with Gasteiger partial charge in [-0.05, 0) is 103 Å². The van der Waals surface area contributed by atoms with Gasteiger partial charge in [0, 0.05) is 32.7 Å². The fourth-order valence-electron chi connectivity index (χ4n) is 5.04. The summed E-state index contributed by atoms with van der Waals surface area (Å²) in [4.78, 5) is 5.14. The monoisotopic (exact) mass is 536 g/mol. The topological polar surface area (TPSA) is 17.3 Å². The molecular formula is C28H34BIN2. The first-order chi connectivity index (χ1) is 15.3. The van der Waals surface area contributed by atoms with Crippen molar-refractivity contribution in [3.63, 3.8) is 0 Å². The highest BCUT2D eigenvalue weighted by atomic mass is 127. The zero-order valence-electron chi connectivity index (χ0n) is 20.8. The third-order valence-corrected chi connectivity index (χ3v) is 7.28. The van der Waals surface area contributed by atoms with Crippen molar-refractivity contribution in [3.8, 4) is 11.7 Å². The molecule has 32 heavy (non-hydrogen) atoms. The minimum Gasteiger partial charge on any atom is -0.377 e. The van der Waals surface area contributed by atoms with Gasteiger partial charge in [-0.2, -0.15) is 0 Å². The molecule has 2 aromatic rings. The van der Waals surface area contributed by atoms with Crippen molar-refractivity contribution in [1.82, 2.24) is 4.48 Å². The number of benzene rings is 1. The molecule has 0 aliphatic carbocycles. The summed E-state index contributed by atoms with van der Waals surface area (Å²) in [6.45, 7) is 17.8. The predicted molar refractivity (Wildman–Crippen MR) is 150 cm³/mol. The molecule has 2 nitrogen and oxygen atoms in total. The van der Waals surface area contributed by atoms with Crippen LogP contribution in [-0.2, 0) is 6.42 Å². The van der Waals surface area contributed by atoms with Gasteiger partial charge in [0.25, 0.3) is 0 Å². The molecule has 0 saturated heterocycles. The van der Waals surface area contributed by atoms with Gasteiger partial charge in [0.15, 0.2) is 0 Å². The van der Waals surface area contributed by atoms with Crippen LogP contribution in [0, 0.1) is 29.2 Å². The second kappa shape index (κ2) is 10.3. The van der Waals surface area contributed by atoms with Gasteiger partial charge in [0.2, 0.25) is 0 Å². The molecule has 0 saturated carbocycles. The van der Waals surface area contributed by atoms with Crippen LogP contribution in [0.3, 0.4) is 0 Å². The first kappa shape index (κ1) is 24.6. The summed E-state index contributed by atoms with van der Waals surface area (Å²) in [6.07, 6.45) is 2.89. The van der Waals surface area contributed by atoms with Crippen LogP contribution in [0.5, 0.6) is 0 Å². The van der Waals surface area contributed by atoms with E-state index in [9.17, 15) is 0 Å². The first-order valence-corrected chi connectivity index (χ1v) is 12.8. The number of nitrogens with zero attached hydrogens (tertiary/aromatic N) is 2. The van der Waals surface area contributed by atoms with E-state index in [4.69, 9.17) is 4.99 Å². The van der Waals surface area contributed by atoms with Gasteiger partial charge in [0.1, 0.15) is 0 Å². The molecule has 0 spiro atoms. The first-order valence-electron chi connectivity index (χ1n) is 11.7. The van der Waals surface area contributed by atoms with Crippen LogP contribution in [0.2, 0.25) is 6.82 Å². The maximum Gasteiger partial charge on any atom is 0.343 e. The third-order valence-electron chi connectivity index (χ3n) is 6.56. The molecule has 3 rings (SSSR count). The SMILES string of the molecule is CCC#CB(C)n1c(C)c(CC)c(C)c1/C(=C1\N=C(C)C(CC)=C1C)c1ccc(I)cc1. The van der Waals surface area contributed by atoms with Gasteiger partial charge < -0.3 is 4.48 Å². The number of hydrogen-bond donors (Lipinski definition) is 0. The lowest BCUT2D eigenvalue weighted by molar-refractivity contribution is 1.04. The Kier molecular flexibility index (Phi) is 7.93. The largest absolute Gasteiger partial charge is 0.377 e. The zero-order chi connectivity index (χ0) is 23.6. The molecule has 0 atom stereocenters. The Morgan fingerprint density at radius 3 is 2.22 bits per heavy atom. The van der Waals surface area contributed by atoms with Crippen molar-refractivity contribution in [2.45, 2.75) is 74.6 Å². The van der Waals surface area contributed by atoms with E-state index in [1.165, 1.54) is 48.4 Å². The highest BCUT2D eigenvalue weighted by Crippen LogP contribution is 2.40. The Morgan fingerprint density at radius 2 is 1.69 bits per heavy atom. The number of allylic oxidation sites excluding steroid dienone is 2. The van der Waals surface area contributed by atoms with Gasteiger partial charge in [-0.15, -0.1) is 11.7 Å². The molecule has 0 fully saturated rings. The smallest absolute Gasteiger partial charge is 0.343 e. The quantitative estimate of drug-likeness (QED) is 0.212. The van der Waals surface area contributed by atoms with E-state index in [1.54, 1.807) is 0 Å². The molecule has 0 unspecified atom stereocenters. The van der Waals surface area contributed by atoms with Gasteiger partial charge in [0.05, 0.1) is 5.70 Å². The highest BCUT2D eigenvalue weighted by molar-refractivity contribution is 14.1. The van der Waals surface area contributed by atoms with Crippen LogP contribution in [-0.4, -0.2) is 17.0 Å². The maximum atomic E-state index is 5.14. The van der Waals surface area contributed by atoms with Crippen molar-refractivity contribution < 1.29 is 0 Å². The molecule has 1 aliphatic rings. The minimum atomic E-state index is 0.102. The maximum absolute atomic E-state index is 5.14.